The summed E-state index contributed by atoms with van der Waals surface area (Å²) in [5.74, 6) is 0.731. The Balaban J connectivity index is 0.910. The maximum atomic E-state index is 6.28. The van der Waals surface area contributed by atoms with Gasteiger partial charge in [-0.3, -0.25) is 4.98 Å². The van der Waals surface area contributed by atoms with Crippen molar-refractivity contribution in [3.05, 3.63) is 93.8 Å². The van der Waals surface area contributed by atoms with Crippen molar-refractivity contribution in [2.45, 2.75) is 89.7 Å². The monoisotopic (exact) mass is 582 g/mol. The molecular weight excluding hydrogens is 540 g/mol. The van der Waals surface area contributed by atoms with Gasteiger partial charge in [0, 0.05) is 46.1 Å². The van der Waals surface area contributed by atoms with Gasteiger partial charge in [-0.1, -0.05) is 67.3 Å². The van der Waals surface area contributed by atoms with Gasteiger partial charge in [-0.2, -0.15) is 0 Å². The van der Waals surface area contributed by atoms with E-state index in [1.807, 2.05) is 36.4 Å². The number of nitrogens with zero attached hydrogens (tertiary/aromatic N) is 2. The molecular formula is C36H43ClN4O. The molecule has 1 unspecified atom stereocenters. The van der Waals surface area contributed by atoms with E-state index >= 15 is 0 Å². The molecule has 5 nitrogen and oxygen atoms in total. The van der Waals surface area contributed by atoms with Crippen molar-refractivity contribution >= 4 is 28.2 Å². The molecule has 0 spiro atoms. The Morgan fingerprint density at radius 3 is 2.50 bits per heavy atom. The molecule has 0 radical (unpaired) electrons. The minimum absolute atomic E-state index is 0.407. The zero-order valence-electron chi connectivity index (χ0n) is 24.6. The maximum Gasteiger partial charge on any atom is 0.213 e. The predicted octanol–water partition coefficient (Wildman–Crippen LogP) is 8.77. The van der Waals surface area contributed by atoms with Gasteiger partial charge in [0.05, 0.1) is 5.52 Å². The van der Waals surface area contributed by atoms with Crippen LogP contribution in [-0.4, -0.2) is 23.1 Å². The number of unbranched alkanes of at least 4 members (excludes halogenated alkanes) is 4. The summed E-state index contributed by atoms with van der Waals surface area (Å²) in [5, 5.41) is 9.59. The normalized spacial score (nSPS) is 16.2. The number of benzene rings is 2. The highest BCUT2D eigenvalue weighted by Crippen LogP contribution is 2.34. The summed E-state index contributed by atoms with van der Waals surface area (Å²) in [6, 6.07) is 21.1. The van der Waals surface area contributed by atoms with Crippen LogP contribution in [0.2, 0.25) is 5.02 Å². The number of aryl methyl sites for hydroxylation is 2. The Morgan fingerprint density at radius 1 is 0.786 bits per heavy atom. The average Bonchev–Trinajstić information content (AvgIpc) is 3.02. The van der Waals surface area contributed by atoms with Crippen LogP contribution in [0.3, 0.4) is 0 Å². The number of pyridine rings is 2. The van der Waals surface area contributed by atoms with Crippen LogP contribution in [-0.2, 0) is 25.9 Å². The van der Waals surface area contributed by atoms with E-state index in [0.29, 0.717) is 12.6 Å². The van der Waals surface area contributed by atoms with E-state index in [1.165, 1.54) is 96.9 Å². The molecule has 0 saturated heterocycles. The number of halogens is 1. The van der Waals surface area contributed by atoms with E-state index in [0.717, 1.165) is 48.8 Å². The Kier molecular flexibility index (Phi) is 9.89. The minimum Gasteiger partial charge on any atom is -0.473 e. The number of aromatic nitrogens is 2. The lowest BCUT2D eigenvalue weighted by atomic mass is 9.91. The highest BCUT2D eigenvalue weighted by molar-refractivity contribution is 6.31. The topological polar surface area (TPSA) is 59.1 Å². The number of hydrogen-bond donors (Lipinski definition) is 2. The molecule has 0 saturated carbocycles. The molecule has 2 heterocycles. The second kappa shape index (κ2) is 14.3. The van der Waals surface area contributed by atoms with E-state index in [2.05, 4.69) is 34.9 Å². The van der Waals surface area contributed by atoms with Gasteiger partial charge < -0.3 is 15.4 Å². The van der Waals surface area contributed by atoms with E-state index < -0.39 is 0 Å². The molecule has 0 aliphatic heterocycles. The van der Waals surface area contributed by atoms with Gasteiger partial charge in [0.1, 0.15) is 6.61 Å². The predicted molar refractivity (Wildman–Crippen MR) is 174 cm³/mol. The lowest BCUT2D eigenvalue weighted by molar-refractivity contribution is 0.291. The molecule has 0 bridgehead atoms. The number of hydrogen-bond acceptors (Lipinski definition) is 5. The first-order chi connectivity index (χ1) is 20.7. The number of rotatable bonds is 13. The summed E-state index contributed by atoms with van der Waals surface area (Å²) >= 11 is 6.28. The van der Waals surface area contributed by atoms with Crippen LogP contribution < -0.4 is 15.4 Å². The fourth-order valence-electron chi connectivity index (χ4n) is 6.53. The van der Waals surface area contributed by atoms with Crippen LogP contribution in [0.5, 0.6) is 5.88 Å². The van der Waals surface area contributed by atoms with Crippen molar-refractivity contribution in [1.29, 1.82) is 0 Å². The van der Waals surface area contributed by atoms with Crippen LogP contribution in [0.15, 0.2) is 60.7 Å². The van der Waals surface area contributed by atoms with Crippen molar-refractivity contribution in [3.63, 3.8) is 0 Å². The van der Waals surface area contributed by atoms with Crippen LogP contribution in [0.1, 0.15) is 91.9 Å². The van der Waals surface area contributed by atoms with Gasteiger partial charge in [0.2, 0.25) is 5.88 Å². The van der Waals surface area contributed by atoms with Crippen LogP contribution in [0.25, 0.3) is 10.9 Å². The summed E-state index contributed by atoms with van der Waals surface area (Å²) in [4.78, 5) is 9.81. The van der Waals surface area contributed by atoms with Gasteiger partial charge >= 0.3 is 0 Å². The lowest BCUT2D eigenvalue weighted by Crippen LogP contribution is -2.26. The van der Waals surface area contributed by atoms with Crippen LogP contribution in [0.4, 0.5) is 5.69 Å². The molecule has 6 rings (SSSR count). The summed E-state index contributed by atoms with van der Waals surface area (Å²) in [7, 11) is 0. The largest absolute Gasteiger partial charge is 0.473 e. The Bertz CT molecular complexity index is 1470. The summed E-state index contributed by atoms with van der Waals surface area (Å²) in [5.41, 5.74) is 8.73. The molecule has 42 heavy (non-hydrogen) atoms. The van der Waals surface area contributed by atoms with Gasteiger partial charge in [-0.15, -0.1) is 0 Å². The van der Waals surface area contributed by atoms with Crippen LogP contribution >= 0.6 is 11.6 Å². The summed E-state index contributed by atoms with van der Waals surface area (Å²) in [6.07, 6.45) is 14.3. The highest BCUT2D eigenvalue weighted by Gasteiger charge is 2.21. The van der Waals surface area contributed by atoms with E-state index in [4.69, 9.17) is 26.3 Å². The standard InChI is InChI=1S/C36H43ClN4O/c37-27-18-19-30-34(24-27)40-33-15-8-7-14-29(33)36(30)39-23-10-3-1-2-9-22-38-31-16-11-17-32-28(31)20-21-35(41-32)42-25-26-12-5-4-6-13-26/h4-6,12-13,18-21,24,31,38H,1-3,7-11,14-17,22-23,25H2,(H,39,40). The summed E-state index contributed by atoms with van der Waals surface area (Å²) < 4.78 is 5.98. The third kappa shape index (κ3) is 7.25. The average molecular weight is 583 g/mol. The fourth-order valence-corrected chi connectivity index (χ4v) is 6.70. The third-order valence-electron chi connectivity index (χ3n) is 8.77. The smallest absolute Gasteiger partial charge is 0.213 e. The van der Waals surface area contributed by atoms with Gasteiger partial charge in [0.25, 0.3) is 0 Å². The lowest BCUT2D eigenvalue weighted by Gasteiger charge is -2.26. The zero-order valence-corrected chi connectivity index (χ0v) is 25.4. The Morgan fingerprint density at radius 2 is 1.60 bits per heavy atom. The molecule has 2 aromatic carbocycles. The molecule has 2 N–H and O–H groups in total. The second-order valence-electron chi connectivity index (χ2n) is 11.8. The first kappa shape index (κ1) is 28.9. The molecule has 2 aliphatic rings. The van der Waals surface area contributed by atoms with Crippen molar-refractivity contribution in [3.8, 4) is 5.88 Å². The first-order valence-electron chi connectivity index (χ1n) is 16.0. The zero-order chi connectivity index (χ0) is 28.6. The molecule has 1 atom stereocenters. The van der Waals surface area contributed by atoms with Gasteiger partial charge in [-0.25, -0.2) is 4.98 Å². The maximum absolute atomic E-state index is 6.28. The van der Waals surface area contributed by atoms with Gasteiger partial charge in [0.15, 0.2) is 0 Å². The minimum atomic E-state index is 0.407. The third-order valence-corrected chi connectivity index (χ3v) is 9.00. The SMILES string of the molecule is Clc1ccc2c(NCCCCCCCNC3CCCc4nc(OCc5ccccc5)ccc43)c3c(nc2c1)CCCC3. The van der Waals surface area contributed by atoms with Crippen molar-refractivity contribution in [1.82, 2.24) is 15.3 Å². The molecule has 4 aromatic rings. The Labute approximate surface area is 255 Å². The number of anilines is 1. The Hall–Kier alpha value is -3.15. The van der Waals surface area contributed by atoms with Crippen molar-refractivity contribution < 1.29 is 4.74 Å². The molecule has 6 heteroatoms. The van der Waals surface area contributed by atoms with E-state index in [1.54, 1.807) is 0 Å². The van der Waals surface area contributed by atoms with E-state index in [9.17, 15) is 0 Å². The highest BCUT2D eigenvalue weighted by atomic mass is 35.5. The second-order valence-corrected chi connectivity index (χ2v) is 12.3. The van der Waals surface area contributed by atoms with Gasteiger partial charge in [-0.05, 0) is 99.2 Å². The first-order valence-corrected chi connectivity index (χ1v) is 16.4. The van der Waals surface area contributed by atoms with Crippen molar-refractivity contribution in [2.24, 2.45) is 0 Å². The molecule has 0 fully saturated rings. The fraction of sp³-hybridized carbons (Fsp3) is 0.444. The molecule has 0 amide bonds. The van der Waals surface area contributed by atoms with Crippen LogP contribution in [0, 0.1) is 0 Å². The van der Waals surface area contributed by atoms with Crippen molar-refractivity contribution in [2.75, 3.05) is 18.4 Å². The quantitative estimate of drug-likeness (QED) is 0.154. The summed E-state index contributed by atoms with van der Waals surface area (Å²) in [6.45, 7) is 2.63. The molecule has 2 aliphatic carbocycles. The number of ether oxygens (including phenoxy) is 1. The number of fused-ring (bicyclic) bond motifs is 3. The van der Waals surface area contributed by atoms with E-state index in [-0.39, 0.29) is 0 Å². The number of nitrogens with one attached hydrogen (secondary N) is 2. The molecule has 220 valence electrons. The molecule has 2 aromatic heterocycles.